The Labute approximate surface area is 116 Å². The summed E-state index contributed by atoms with van der Waals surface area (Å²) in [6, 6.07) is 9.67. The third-order valence-electron chi connectivity index (χ3n) is 2.50. The molecule has 0 fully saturated rings. The maximum Gasteiger partial charge on any atom is 0.161 e. The molecule has 98 valence electrons. The van der Waals surface area contributed by atoms with Crippen molar-refractivity contribution in [2.45, 2.75) is 12.8 Å². The maximum atomic E-state index is 8.60. The van der Waals surface area contributed by atoms with Crippen molar-refractivity contribution >= 4 is 11.3 Å². The van der Waals surface area contributed by atoms with E-state index in [2.05, 4.69) is 11.1 Å². The Bertz CT molecular complexity index is 575. The Balaban J connectivity index is 1.87. The van der Waals surface area contributed by atoms with Gasteiger partial charge in [0.1, 0.15) is 0 Å². The number of ether oxygens (including phenoxy) is 2. The molecule has 1 aromatic heterocycles. The van der Waals surface area contributed by atoms with Gasteiger partial charge in [-0.05, 0) is 12.1 Å². The molecule has 2 rings (SSSR count). The average molecular weight is 274 g/mol. The minimum atomic E-state index is 0.422. The van der Waals surface area contributed by atoms with Gasteiger partial charge in [-0.2, -0.15) is 5.26 Å². The van der Waals surface area contributed by atoms with Crippen LogP contribution < -0.4 is 9.47 Å². The topological polar surface area (TPSA) is 55.1 Å². The summed E-state index contributed by atoms with van der Waals surface area (Å²) in [6.45, 7) is 0.542. The Morgan fingerprint density at radius 2 is 2.11 bits per heavy atom. The number of benzene rings is 1. The highest BCUT2D eigenvalue weighted by Crippen LogP contribution is 2.26. The van der Waals surface area contributed by atoms with E-state index in [1.807, 2.05) is 24.3 Å². The molecule has 0 N–H and O–H groups in total. The molecule has 0 radical (unpaired) electrons. The Hall–Kier alpha value is -2.06. The van der Waals surface area contributed by atoms with E-state index in [-0.39, 0.29) is 0 Å². The minimum absolute atomic E-state index is 0.422. The van der Waals surface area contributed by atoms with E-state index in [1.165, 1.54) is 0 Å². The fourth-order valence-corrected chi connectivity index (χ4v) is 2.45. The fraction of sp³-hybridized carbons (Fsp3) is 0.286. The Morgan fingerprint density at radius 1 is 1.32 bits per heavy atom. The summed E-state index contributed by atoms with van der Waals surface area (Å²) < 4.78 is 10.9. The first-order valence-corrected chi connectivity index (χ1v) is 6.71. The molecule has 0 saturated carbocycles. The molecule has 0 unspecified atom stereocenters. The highest BCUT2D eigenvalue weighted by molar-refractivity contribution is 7.11. The van der Waals surface area contributed by atoms with Crippen LogP contribution in [0.5, 0.6) is 11.5 Å². The molecule has 0 bridgehead atoms. The maximum absolute atomic E-state index is 8.60. The van der Waals surface area contributed by atoms with Crippen LogP contribution in [-0.4, -0.2) is 18.7 Å². The normalized spacial score (nSPS) is 9.89. The third kappa shape index (κ3) is 3.70. The predicted octanol–water partition coefficient (Wildman–Crippen LogP) is 2.84. The molecule has 19 heavy (non-hydrogen) atoms. The number of hydrogen-bond acceptors (Lipinski definition) is 5. The van der Waals surface area contributed by atoms with Gasteiger partial charge in [0, 0.05) is 17.5 Å². The van der Waals surface area contributed by atoms with Crippen LogP contribution in [0, 0.1) is 11.3 Å². The monoisotopic (exact) mass is 274 g/mol. The van der Waals surface area contributed by atoms with Crippen LogP contribution in [0.3, 0.4) is 0 Å². The Morgan fingerprint density at radius 3 is 2.84 bits per heavy atom. The van der Waals surface area contributed by atoms with Crippen molar-refractivity contribution in [3.8, 4) is 17.6 Å². The van der Waals surface area contributed by atoms with E-state index in [9.17, 15) is 0 Å². The predicted molar refractivity (Wildman–Crippen MR) is 73.6 cm³/mol. The molecule has 1 aromatic carbocycles. The molecule has 5 heteroatoms. The lowest BCUT2D eigenvalue weighted by Gasteiger charge is -2.09. The van der Waals surface area contributed by atoms with Crippen molar-refractivity contribution in [3.63, 3.8) is 0 Å². The van der Waals surface area contributed by atoms with Crippen molar-refractivity contribution in [3.05, 3.63) is 40.3 Å². The van der Waals surface area contributed by atoms with Crippen LogP contribution in [0.15, 0.2) is 30.5 Å². The molecule has 0 saturated heterocycles. The SMILES string of the molecule is COc1ccccc1OCCc1ncc(CC#N)s1. The van der Waals surface area contributed by atoms with E-state index >= 15 is 0 Å². The molecule has 0 spiro atoms. The minimum Gasteiger partial charge on any atom is -0.493 e. The summed E-state index contributed by atoms with van der Waals surface area (Å²) >= 11 is 1.56. The van der Waals surface area contributed by atoms with Crippen LogP contribution in [-0.2, 0) is 12.8 Å². The highest BCUT2D eigenvalue weighted by Gasteiger charge is 2.05. The smallest absolute Gasteiger partial charge is 0.161 e. The molecule has 0 aliphatic carbocycles. The third-order valence-corrected chi connectivity index (χ3v) is 3.55. The van der Waals surface area contributed by atoms with Crippen molar-refractivity contribution in [2.24, 2.45) is 0 Å². The number of methoxy groups -OCH3 is 1. The number of nitriles is 1. The first-order chi connectivity index (χ1) is 9.33. The summed E-state index contributed by atoms with van der Waals surface area (Å²) in [5.41, 5.74) is 0. The van der Waals surface area contributed by atoms with Gasteiger partial charge in [0.05, 0.1) is 31.2 Å². The summed E-state index contributed by atoms with van der Waals surface area (Å²) in [5, 5.41) is 9.59. The number of aromatic nitrogens is 1. The molecular weight excluding hydrogens is 260 g/mol. The number of hydrogen-bond donors (Lipinski definition) is 0. The molecule has 0 atom stereocenters. The largest absolute Gasteiger partial charge is 0.493 e. The first kappa shape index (κ1) is 13.4. The van der Waals surface area contributed by atoms with Crippen molar-refractivity contribution in [1.82, 2.24) is 4.98 Å². The molecule has 1 heterocycles. The van der Waals surface area contributed by atoms with Gasteiger partial charge in [-0.3, -0.25) is 0 Å². The fourth-order valence-electron chi connectivity index (χ4n) is 1.61. The summed E-state index contributed by atoms with van der Waals surface area (Å²) in [5.74, 6) is 1.46. The quantitative estimate of drug-likeness (QED) is 0.812. The second-order valence-corrected chi connectivity index (χ2v) is 5.00. The Kier molecular flexibility index (Phi) is 4.76. The van der Waals surface area contributed by atoms with Gasteiger partial charge in [-0.15, -0.1) is 11.3 Å². The molecule has 4 nitrogen and oxygen atoms in total. The van der Waals surface area contributed by atoms with Crippen LogP contribution in [0.4, 0.5) is 0 Å². The van der Waals surface area contributed by atoms with Crippen molar-refractivity contribution in [2.75, 3.05) is 13.7 Å². The van der Waals surface area contributed by atoms with Gasteiger partial charge in [-0.1, -0.05) is 12.1 Å². The van der Waals surface area contributed by atoms with Gasteiger partial charge in [-0.25, -0.2) is 4.98 Å². The molecule has 0 aliphatic rings. The van der Waals surface area contributed by atoms with Crippen LogP contribution in [0.25, 0.3) is 0 Å². The van der Waals surface area contributed by atoms with E-state index < -0.39 is 0 Å². The van der Waals surface area contributed by atoms with E-state index in [1.54, 1.807) is 24.6 Å². The number of nitrogens with zero attached hydrogens (tertiary/aromatic N) is 2. The van der Waals surface area contributed by atoms with Gasteiger partial charge in [0.25, 0.3) is 0 Å². The molecule has 2 aromatic rings. The lowest BCUT2D eigenvalue weighted by atomic mass is 10.3. The van der Waals surface area contributed by atoms with Gasteiger partial charge in [0.15, 0.2) is 11.5 Å². The number of rotatable bonds is 6. The summed E-state index contributed by atoms with van der Waals surface area (Å²) in [6.07, 6.45) is 2.91. The van der Waals surface area contributed by atoms with Gasteiger partial charge >= 0.3 is 0 Å². The van der Waals surface area contributed by atoms with Crippen molar-refractivity contribution in [1.29, 1.82) is 5.26 Å². The highest BCUT2D eigenvalue weighted by atomic mass is 32.1. The zero-order valence-electron chi connectivity index (χ0n) is 10.6. The summed E-state index contributed by atoms with van der Waals surface area (Å²) in [4.78, 5) is 5.26. The molecule has 0 aliphatic heterocycles. The average Bonchev–Trinajstić information content (AvgIpc) is 2.87. The van der Waals surface area contributed by atoms with Crippen LogP contribution >= 0.6 is 11.3 Å². The second kappa shape index (κ2) is 6.76. The van der Waals surface area contributed by atoms with Gasteiger partial charge in [0.2, 0.25) is 0 Å². The zero-order chi connectivity index (χ0) is 13.5. The standard InChI is InChI=1S/C14H14N2O2S/c1-17-12-4-2-3-5-13(12)18-9-7-14-16-10-11(19-14)6-8-15/h2-5,10H,6-7,9H2,1H3. The van der Waals surface area contributed by atoms with E-state index in [4.69, 9.17) is 14.7 Å². The van der Waals surface area contributed by atoms with E-state index in [0.717, 1.165) is 27.8 Å². The van der Waals surface area contributed by atoms with Crippen LogP contribution in [0.2, 0.25) is 0 Å². The first-order valence-electron chi connectivity index (χ1n) is 5.90. The van der Waals surface area contributed by atoms with Crippen LogP contribution in [0.1, 0.15) is 9.88 Å². The zero-order valence-corrected chi connectivity index (χ0v) is 11.4. The summed E-state index contributed by atoms with van der Waals surface area (Å²) in [7, 11) is 1.62. The lowest BCUT2D eigenvalue weighted by Crippen LogP contribution is -2.02. The second-order valence-electron chi connectivity index (χ2n) is 3.80. The van der Waals surface area contributed by atoms with E-state index in [0.29, 0.717) is 13.0 Å². The lowest BCUT2D eigenvalue weighted by molar-refractivity contribution is 0.297. The van der Waals surface area contributed by atoms with Crippen molar-refractivity contribution < 1.29 is 9.47 Å². The molecular formula is C14H14N2O2S. The van der Waals surface area contributed by atoms with Gasteiger partial charge < -0.3 is 9.47 Å². The number of para-hydroxylation sites is 2. The number of thiazole rings is 1. The molecule has 0 amide bonds.